The average Bonchev–Trinajstić information content (AvgIpc) is 3.34. The van der Waals surface area contributed by atoms with E-state index in [-0.39, 0.29) is 19.1 Å². The molecule has 0 bridgehead atoms. The van der Waals surface area contributed by atoms with Crippen LogP contribution in [0.3, 0.4) is 0 Å². The lowest BCUT2D eigenvalue weighted by Gasteiger charge is -2.07. The largest absolute Gasteiger partial charge is 0.497 e. The summed E-state index contributed by atoms with van der Waals surface area (Å²) in [4.78, 5) is 24.4. The van der Waals surface area contributed by atoms with Crippen molar-refractivity contribution in [3.8, 4) is 17.2 Å². The van der Waals surface area contributed by atoms with Crippen molar-refractivity contribution in [2.45, 2.75) is 13.5 Å². The van der Waals surface area contributed by atoms with Crippen LogP contribution in [0.25, 0.3) is 11.0 Å². The zero-order valence-electron chi connectivity index (χ0n) is 15.9. The number of carbonyl (C=O) groups excluding carboxylic acids is 2. The fraction of sp³-hybridized carbons (Fsp3) is 0.238. The Morgan fingerprint density at radius 3 is 2.76 bits per heavy atom. The summed E-state index contributed by atoms with van der Waals surface area (Å²) in [6, 6.07) is 10.6. The molecule has 1 N–H and O–H groups in total. The van der Waals surface area contributed by atoms with Crippen LogP contribution in [0.5, 0.6) is 17.2 Å². The molecule has 4 rings (SSSR count). The van der Waals surface area contributed by atoms with Gasteiger partial charge in [0.15, 0.2) is 18.1 Å². The van der Waals surface area contributed by atoms with Crippen molar-refractivity contribution >= 4 is 22.8 Å². The third-order valence-corrected chi connectivity index (χ3v) is 4.59. The van der Waals surface area contributed by atoms with Crippen LogP contribution in [0.1, 0.15) is 21.7 Å². The molecule has 29 heavy (non-hydrogen) atoms. The Morgan fingerprint density at radius 2 is 1.93 bits per heavy atom. The minimum Gasteiger partial charge on any atom is -0.497 e. The Balaban J connectivity index is 1.34. The fourth-order valence-electron chi connectivity index (χ4n) is 3.02. The normalized spacial score (nSPS) is 12.1. The summed E-state index contributed by atoms with van der Waals surface area (Å²) >= 11 is 0. The van der Waals surface area contributed by atoms with Gasteiger partial charge in [0, 0.05) is 17.5 Å². The van der Waals surface area contributed by atoms with Crippen LogP contribution in [0, 0.1) is 6.92 Å². The van der Waals surface area contributed by atoms with E-state index in [9.17, 15) is 9.59 Å². The molecule has 2 heterocycles. The van der Waals surface area contributed by atoms with Crippen molar-refractivity contribution in [3.63, 3.8) is 0 Å². The van der Waals surface area contributed by atoms with Gasteiger partial charge >= 0.3 is 5.97 Å². The van der Waals surface area contributed by atoms with E-state index in [0.29, 0.717) is 28.4 Å². The molecule has 1 amide bonds. The second-order valence-electron chi connectivity index (χ2n) is 6.46. The van der Waals surface area contributed by atoms with Crippen molar-refractivity contribution in [1.29, 1.82) is 0 Å². The molecule has 0 fully saturated rings. The van der Waals surface area contributed by atoms with Crippen molar-refractivity contribution < 1.29 is 33.0 Å². The van der Waals surface area contributed by atoms with E-state index < -0.39 is 18.5 Å². The first-order chi connectivity index (χ1) is 14.0. The second-order valence-corrected chi connectivity index (χ2v) is 6.46. The topological polar surface area (TPSA) is 96.2 Å². The number of benzene rings is 2. The molecule has 1 aromatic heterocycles. The predicted molar refractivity (Wildman–Crippen MR) is 102 cm³/mol. The number of hydrogen-bond donors (Lipinski definition) is 1. The van der Waals surface area contributed by atoms with Gasteiger partial charge in [-0.3, -0.25) is 4.79 Å². The molecule has 1 aliphatic heterocycles. The van der Waals surface area contributed by atoms with E-state index in [0.717, 1.165) is 10.9 Å². The Kier molecular flexibility index (Phi) is 4.99. The van der Waals surface area contributed by atoms with E-state index in [1.165, 1.54) is 0 Å². The van der Waals surface area contributed by atoms with Gasteiger partial charge in [-0.15, -0.1) is 0 Å². The fourth-order valence-corrected chi connectivity index (χ4v) is 3.02. The molecule has 0 saturated carbocycles. The van der Waals surface area contributed by atoms with Crippen LogP contribution in [-0.2, 0) is 16.1 Å². The lowest BCUT2D eigenvalue weighted by atomic mass is 10.1. The van der Waals surface area contributed by atoms with Gasteiger partial charge in [-0.05, 0) is 42.8 Å². The first-order valence-corrected chi connectivity index (χ1v) is 8.94. The summed E-state index contributed by atoms with van der Waals surface area (Å²) in [6.45, 7) is 1.80. The number of aryl methyl sites for hydroxylation is 1. The molecule has 0 aliphatic carbocycles. The molecule has 2 aromatic carbocycles. The summed E-state index contributed by atoms with van der Waals surface area (Å²) in [5.41, 5.74) is 2.02. The number of rotatable bonds is 6. The molecule has 0 atom stereocenters. The zero-order valence-corrected chi connectivity index (χ0v) is 15.9. The lowest BCUT2D eigenvalue weighted by molar-refractivity contribution is -0.124. The number of furan rings is 1. The third-order valence-electron chi connectivity index (χ3n) is 4.59. The highest BCUT2D eigenvalue weighted by Crippen LogP contribution is 2.32. The minimum absolute atomic E-state index is 0.0665. The highest BCUT2D eigenvalue weighted by atomic mass is 16.7. The highest BCUT2D eigenvalue weighted by Gasteiger charge is 2.20. The predicted octanol–water partition coefficient (Wildman–Crippen LogP) is 2.95. The standard InChI is InChI=1S/C21H19NO7/c1-12-15-8-14(25-2)4-6-16(15)29-20(12)21(24)26-10-19(23)22-9-13-3-5-17-18(7-13)28-11-27-17/h3-8H,9-11H2,1-2H3,(H,22,23). The Morgan fingerprint density at radius 1 is 1.10 bits per heavy atom. The number of methoxy groups -OCH3 is 1. The van der Waals surface area contributed by atoms with Crippen LogP contribution < -0.4 is 19.5 Å². The van der Waals surface area contributed by atoms with Crippen molar-refractivity contribution in [1.82, 2.24) is 5.32 Å². The van der Waals surface area contributed by atoms with Gasteiger partial charge in [0.2, 0.25) is 12.6 Å². The third kappa shape index (κ3) is 3.82. The van der Waals surface area contributed by atoms with Gasteiger partial charge in [0.25, 0.3) is 5.91 Å². The van der Waals surface area contributed by atoms with Crippen LogP contribution in [0.2, 0.25) is 0 Å². The smallest absolute Gasteiger partial charge is 0.375 e. The molecule has 0 radical (unpaired) electrons. The Bertz CT molecular complexity index is 1090. The number of fused-ring (bicyclic) bond motifs is 2. The molecule has 0 saturated heterocycles. The highest BCUT2D eigenvalue weighted by molar-refractivity contribution is 5.97. The maximum absolute atomic E-state index is 12.3. The van der Waals surface area contributed by atoms with Gasteiger partial charge in [-0.2, -0.15) is 0 Å². The van der Waals surface area contributed by atoms with Gasteiger partial charge in [-0.1, -0.05) is 6.07 Å². The number of amides is 1. The maximum atomic E-state index is 12.3. The summed E-state index contributed by atoms with van der Waals surface area (Å²) < 4.78 is 26.4. The summed E-state index contributed by atoms with van der Waals surface area (Å²) in [5, 5.41) is 3.45. The molecule has 8 heteroatoms. The first-order valence-electron chi connectivity index (χ1n) is 8.94. The second kappa shape index (κ2) is 7.75. The van der Waals surface area contributed by atoms with Crippen LogP contribution in [0.4, 0.5) is 0 Å². The lowest BCUT2D eigenvalue weighted by Crippen LogP contribution is -2.28. The molecule has 0 unspecified atom stereocenters. The molecule has 3 aromatic rings. The number of hydrogen-bond acceptors (Lipinski definition) is 7. The summed E-state index contributed by atoms with van der Waals surface area (Å²) in [7, 11) is 1.56. The SMILES string of the molecule is COc1ccc2oc(C(=O)OCC(=O)NCc3ccc4c(c3)OCO4)c(C)c2c1. The monoisotopic (exact) mass is 397 g/mol. The van der Waals surface area contributed by atoms with Gasteiger partial charge in [-0.25, -0.2) is 4.79 Å². The molecule has 8 nitrogen and oxygen atoms in total. The quantitative estimate of drug-likeness (QED) is 0.639. The summed E-state index contributed by atoms with van der Waals surface area (Å²) in [6.07, 6.45) is 0. The average molecular weight is 397 g/mol. The minimum atomic E-state index is -0.698. The van der Waals surface area contributed by atoms with E-state index in [2.05, 4.69) is 5.32 Å². The number of esters is 1. The van der Waals surface area contributed by atoms with Gasteiger partial charge < -0.3 is 28.7 Å². The van der Waals surface area contributed by atoms with Crippen LogP contribution in [-0.4, -0.2) is 32.4 Å². The van der Waals surface area contributed by atoms with Crippen molar-refractivity contribution in [3.05, 3.63) is 53.3 Å². The van der Waals surface area contributed by atoms with E-state index in [1.54, 1.807) is 44.4 Å². The first kappa shape index (κ1) is 18.7. The number of nitrogens with one attached hydrogen (secondary N) is 1. The van der Waals surface area contributed by atoms with Crippen LogP contribution in [0.15, 0.2) is 40.8 Å². The molecule has 1 aliphatic rings. The van der Waals surface area contributed by atoms with E-state index >= 15 is 0 Å². The zero-order chi connectivity index (χ0) is 20.4. The molecular weight excluding hydrogens is 378 g/mol. The Labute approximate surface area is 166 Å². The molecule has 0 spiro atoms. The van der Waals surface area contributed by atoms with E-state index in [4.69, 9.17) is 23.4 Å². The van der Waals surface area contributed by atoms with Crippen molar-refractivity contribution in [2.24, 2.45) is 0 Å². The molecular formula is C21H19NO7. The van der Waals surface area contributed by atoms with Gasteiger partial charge in [0.05, 0.1) is 7.11 Å². The molecule has 150 valence electrons. The number of carbonyl (C=O) groups is 2. The number of ether oxygens (including phenoxy) is 4. The van der Waals surface area contributed by atoms with Crippen LogP contribution >= 0.6 is 0 Å². The van der Waals surface area contributed by atoms with Crippen molar-refractivity contribution in [2.75, 3.05) is 20.5 Å². The Hall–Kier alpha value is -3.68. The van der Waals surface area contributed by atoms with E-state index in [1.807, 2.05) is 6.07 Å². The van der Waals surface area contributed by atoms with Gasteiger partial charge in [0.1, 0.15) is 11.3 Å². The maximum Gasteiger partial charge on any atom is 0.375 e. The summed E-state index contributed by atoms with van der Waals surface area (Å²) in [5.74, 6) is 0.913.